The second-order valence-corrected chi connectivity index (χ2v) is 15.3. The van der Waals surface area contributed by atoms with Gasteiger partial charge in [-0.05, 0) is 0 Å². The Labute approximate surface area is 126 Å². The number of rotatable bonds is 3. The van der Waals surface area contributed by atoms with Gasteiger partial charge in [0.25, 0.3) is 0 Å². The summed E-state index contributed by atoms with van der Waals surface area (Å²) >= 11 is 8.41. The second-order valence-electron chi connectivity index (χ2n) is 3.59. The normalized spacial score (nSPS) is 12.8. The molecule has 3 aromatic rings. The molecule has 0 fully saturated rings. The quantitative estimate of drug-likeness (QED) is 0.449. The van der Waals surface area contributed by atoms with E-state index in [-0.39, 0.29) is 0 Å². The topological polar surface area (TPSA) is 0 Å². The van der Waals surface area contributed by atoms with E-state index in [2.05, 4.69) is 74.6 Å². The Kier molecular flexibility index (Phi) is 3.69. The Hall–Kier alpha value is 0.260. The Morgan fingerprint density at radius 2 is 1.06 bits per heavy atom. The Bertz CT molecular complexity index is 485. The molecule has 0 aliphatic heterocycles. The van der Waals surface area contributed by atoms with E-state index in [4.69, 9.17) is 0 Å². The van der Waals surface area contributed by atoms with Gasteiger partial charge in [-0.3, -0.25) is 0 Å². The van der Waals surface area contributed by atoms with Gasteiger partial charge < -0.3 is 0 Å². The van der Waals surface area contributed by atoms with Gasteiger partial charge in [-0.25, -0.2) is 0 Å². The first-order valence-corrected chi connectivity index (χ1v) is 12.9. The zero-order valence-electron chi connectivity index (χ0n) is 8.80. The number of hydrogen-bond donors (Lipinski definition) is 0. The summed E-state index contributed by atoms with van der Waals surface area (Å²) in [4.78, 5) is -1.70. The first-order valence-electron chi connectivity index (χ1n) is 5.12. The summed E-state index contributed by atoms with van der Waals surface area (Å²) in [5, 5.41) is 6.57. The van der Waals surface area contributed by atoms with Crippen molar-refractivity contribution in [2.45, 2.75) is 0 Å². The second kappa shape index (κ2) is 5.10. The molecule has 0 aliphatic carbocycles. The zero-order valence-corrected chi connectivity index (χ0v) is 14.4. The predicted octanol–water partition coefficient (Wildman–Crippen LogP) is 4.25. The van der Waals surface area contributed by atoms with Gasteiger partial charge in [0.15, 0.2) is 0 Å². The van der Waals surface area contributed by atoms with Gasteiger partial charge in [0.2, 0.25) is 0 Å². The van der Waals surface area contributed by atoms with Gasteiger partial charge >= 0.3 is 127 Å². The van der Waals surface area contributed by atoms with Crippen LogP contribution in [-0.2, 0) is 0 Å². The van der Waals surface area contributed by atoms with Crippen molar-refractivity contribution in [1.82, 2.24) is 0 Å². The Balaban J connectivity index is 2.21. The van der Waals surface area contributed by atoms with Crippen molar-refractivity contribution in [3.63, 3.8) is 0 Å². The van der Waals surface area contributed by atoms with E-state index in [9.17, 15) is 0 Å². The molecule has 0 N–H and O–H groups in total. The number of thiophene rings is 3. The molecule has 3 rings (SSSR count). The summed E-state index contributed by atoms with van der Waals surface area (Å²) in [6.07, 6.45) is 0. The van der Waals surface area contributed by atoms with Crippen LogP contribution in [-0.4, -0.2) is 0 Å². The minimum atomic E-state index is -1.70. The molecule has 3 heterocycles. The van der Waals surface area contributed by atoms with Crippen LogP contribution in [0.3, 0.4) is 0 Å². The van der Waals surface area contributed by atoms with Crippen LogP contribution in [0.25, 0.3) is 0 Å². The summed E-state index contributed by atoms with van der Waals surface area (Å²) in [5.41, 5.74) is 0. The fraction of sp³-hybridized carbons (Fsp3) is 0. The van der Waals surface area contributed by atoms with Crippen molar-refractivity contribution in [2.24, 2.45) is 0 Å². The van der Waals surface area contributed by atoms with Crippen LogP contribution < -0.4 is 13.9 Å². The van der Waals surface area contributed by atoms with Crippen LogP contribution in [0, 0.1) is 0 Å². The molecule has 17 heavy (non-hydrogen) atoms. The zero-order chi connectivity index (χ0) is 11.7. The van der Waals surface area contributed by atoms with E-state index in [1.807, 2.05) is 34.0 Å². The molecule has 0 saturated carbocycles. The van der Waals surface area contributed by atoms with Crippen LogP contribution >= 0.6 is 61.0 Å². The molecule has 0 saturated heterocycles. The SMILES string of the molecule is I[PH](c1cccs1)(c1cccs1)c1cccs1. The molecule has 0 atom stereocenters. The average Bonchev–Trinajstić information content (AvgIpc) is 3.10. The summed E-state index contributed by atoms with van der Waals surface area (Å²) in [6.45, 7) is 0. The molecule has 0 unspecified atom stereocenters. The Morgan fingerprint density at radius 1 is 0.706 bits per heavy atom. The Morgan fingerprint density at radius 3 is 1.29 bits per heavy atom. The monoisotopic (exact) mass is 408 g/mol. The van der Waals surface area contributed by atoms with Crippen molar-refractivity contribution >= 4 is 74.8 Å². The first kappa shape index (κ1) is 12.3. The molecular formula is C12H10IPS3. The molecule has 0 amide bonds. The summed E-state index contributed by atoms with van der Waals surface area (Å²) < 4.78 is 4.63. The molecule has 0 aromatic carbocycles. The maximum absolute atomic E-state index is 2.73. The summed E-state index contributed by atoms with van der Waals surface area (Å²) in [5.74, 6) is 0. The van der Waals surface area contributed by atoms with Gasteiger partial charge in [-0.15, -0.1) is 0 Å². The predicted molar refractivity (Wildman–Crippen MR) is 94.2 cm³/mol. The van der Waals surface area contributed by atoms with Gasteiger partial charge in [-0.1, -0.05) is 0 Å². The van der Waals surface area contributed by atoms with E-state index in [1.165, 1.54) is 0 Å². The standard InChI is InChI=1S/C12H10IPS3/c13-14(10-4-1-7-15-10,11-5-2-8-16-11)12-6-3-9-17-12/h1-9,14H. The molecule has 88 valence electrons. The van der Waals surface area contributed by atoms with Crippen LogP contribution in [0.5, 0.6) is 0 Å². The molecule has 0 nitrogen and oxygen atoms in total. The molecule has 0 aliphatic rings. The van der Waals surface area contributed by atoms with Crippen LogP contribution in [0.15, 0.2) is 52.5 Å². The van der Waals surface area contributed by atoms with E-state index >= 15 is 0 Å². The van der Waals surface area contributed by atoms with Gasteiger partial charge in [0.1, 0.15) is 0 Å². The van der Waals surface area contributed by atoms with Gasteiger partial charge in [0.05, 0.1) is 0 Å². The summed E-state index contributed by atoms with van der Waals surface area (Å²) in [7, 11) is 0. The van der Waals surface area contributed by atoms with Crippen LogP contribution in [0.1, 0.15) is 0 Å². The van der Waals surface area contributed by atoms with Crippen molar-refractivity contribution in [3.8, 4) is 0 Å². The molecule has 0 radical (unpaired) electrons. The van der Waals surface area contributed by atoms with E-state index < -0.39 is 4.90 Å². The van der Waals surface area contributed by atoms with Crippen molar-refractivity contribution in [2.75, 3.05) is 0 Å². The summed E-state index contributed by atoms with van der Waals surface area (Å²) in [6, 6.07) is 13.4. The van der Waals surface area contributed by atoms with Gasteiger partial charge in [-0.2, -0.15) is 0 Å². The number of halogens is 1. The van der Waals surface area contributed by atoms with Gasteiger partial charge in [0, 0.05) is 0 Å². The van der Waals surface area contributed by atoms with E-state index in [1.54, 1.807) is 13.9 Å². The van der Waals surface area contributed by atoms with E-state index in [0.29, 0.717) is 0 Å². The van der Waals surface area contributed by atoms with Crippen LogP contribution in [0.2, 0.25) is 0 Å². The molecule has 5 heteroatoms. The molecule has 3 aromatic heterocycles. The third kappa shape index (κ3) is 2.15. The van der Waals surface area contributed by atoms with Crippen LogP contribution in [0.4, 0.5) is 0 Å². The molecule has 0 bridgehead atoms. The fourth-order valence-corrected chi connectivity index (χ4v) is 15.0. The minimum absolute atomic E-state index is 1.54. The third-order valence-electron chi connectivity index (χ3n) is 2.58. The van der Waals surface area contributed by atoms with Crippen molar-refractivity contribution in [1.29, 1.82) is 0 Å². The van der Waals surface area contributed by atoms with Crippen molar-refractivity contribution in [3.05, 3.63) is 52.5 Å². The average molecular weight is 408 g/mol. The number of hydrogen-bond acceptors (Lipinski definition) is 3. The molecule has 0 spiro atoms. The molecular weight excluding hydrogens is 398 g/mol. The fourth-order valence-electron chi connectivity index (χ4n) is 1.79. The first-order chi connectivity index (χ1) is 8.32. The van der Waals surface area contributed by atoms with Crippen molar-refractivity contribution < 1.29 is 0 Å². The van der Waals surface area contributed by atoms with E-state index in [0.717, 1.165) is 0 Å². The third-order valence-corrected chi connectivity index (χ3v) is 19.5. The maximum atomic E-state index is 2.73.